The standard InChI is InChI=1S/C10H13NO4/c1-4-5-2-3-6(4)8(11-10(14)15)7(5)9(12)13/h2-8,11H,1H3,(H,12,13)(H,14,15)/t4-,5+,6-,7+,8-/m1/s1. The van der Waals surface area contributed by atoms with Crippen LogP contribution in [-0.4, -0.2) is 28.3 Å². The molecule has 1 saturated carbocycles. The van der Waals surface area contributed by atoms with Crippen molar-refractivity contribution in [3.8, 4) is 0 Å². The molecule has 2 aliphatic rings. The second-order valence-corrected chi connectivity index (χ2v) is 4.24. The zero-order valence-corrected chi connectivity index (χ0v) is 8.25. The minimum Gasteiger partial charge on any atom is -0.481 e. The van der Waals surface area contributed by atoms with Crippen LogP contribution in [0.15, 0.2) is 12.2 Å². The second kappa shape index (κ2) is 3.25. The predicted octanol–water partition coefficient (Wildman–Crippen LogP) is 0.775. The van der Waals surface area contributed by atoms with Crippen LogP contribution in [-0.2, 0) is 4.79 Å². The molecule has 82 valence electrons. The molecule has 0 radical (unpaired) electrons. The summed E-state index contributed by atoms with van der Waals surface area (Å²) in [5, 5.41) is 20.0. The van der Waals surface area contributed by atoms with Gasteiger partial charge in [0.15, 0.2) is 0 Å². The molecule has 0 heterocycles. The van der Waals surface area contributed by atoms with Crippen molar-refractivity contribution >= 4 is 12.1 Å². The van der Waals surface area contributed by atoms with Crippen molar-refractivity contribution in [2.45, 2.75) is 13.0 Å². The minimum atomic E-state index is -1.15. The highest BCUT2D eigenvalue weighted by Gasteiger charge is 2.53. The zero-order chi connectivity index (χ0) is 11.2. The Bertz CT molecular complexity index is 338. The van der Waals surface area contributed by atoms with Gasteiger partial charge in [-0.1, -0.05) is 19.1 Å². The summed E-state index contributed by atoms with van der Waals surface area (Å²) in [5.74, 6) is -1.34. The fourth-order valence-corrected chi connectivity index (χ4v) is 2.88. The van der Waals surface area contributed by atoms with Crippen molar-refractivity contribution in [3.63, 3.8) is 0 Å². The maximum atomic E-state index is 11.1. The average molecular weight is 211 g/mol. The van der Waals surface area contributed by atoms with E-state index >= 15 is 0 Å². The van der Waals surface area contributed by atoms with E-state index in [2.05, 4.69) is 5.32 Å². The molecule has 15 heavy (non-hydrogen) atoms. The number of allylic oxidation sites excluding steroid dienone is 1. The van der Waals surface area contributed by atoms with Crippen molar-refractivity contribution < 1.29 is 19.8 Å². The first-order valence-electron chi connectivity index (χ1n) is 4.93. The van der Waals surface area contributed by atoms with Gasteiger partial charge in [-0.05, 0) is 11.8 Å². The van der Waals surface area contributed by atoms with Gasteiger partial charge in [-0.3, -0.25) is 4.79 Å². The van der Waals surface area contributed by atoms with Gasteiger partial charge in [0.05, 0.1) is 12.0 Å². The lowest BCUT2D eigenvalue weighted by Gasteiger charge is -2.24. The number of carboxylic acids is 1. The Kier molecular flexibility index (Phi) is 2.17. The molecule has 5 heteroatoms. The van der Waals surface area contributed by atoms with Gasteiger partial charge in [0.1, 0.15) is 0 Å². The number of hydrogen-bond donors (Lipinski definition) is 3. The number of rotatable bonds is 2. The van der Waals surface area contributed by atoms with Crippen LogP contribution < -0.4 is 5.32 Å². The summed E-state index contributed by atoms with van der Waals surface area (Å²) in [5.41, 5.74) is 0. The molecular weight excluding hydrogens is 198 g/mol. The minimum absolute atomic E-state index is 0.0206. The van der Waals surface area contributed by atoms with Gasteiger partial charge < -0.3 is 15.5 Å². The van der Waals surface area contributed by atoms with Crippen molar-refractivity contribution in [2.75, 3.05) is 0 Å². The average Bonchev–Trinajstić information content (AvgIpc) is 2.58. The van der Waals surface area contributed by atoms with Crippen LogP contribution >= 0.6 is 0 Å². The molecule has 3 N–H and O–H groups in total. The number of carboxylic acid groups (broad SMARTS) is 2. The number of nitrogens with one attached hydrogen (secondary N) is 1. The van der Waals surface area contributed by atoms with Crippen LogP contribution in [0.3, 0.4) is 0 Å². The van der Waals surface area contributed by atoms with Crippen LogP contribution in [0.2, 0.25) is 0 Å². The molecule has 0 aromatic carbocycles. The van der Waals surface area contributed by atoms with Crippen molar-refractivity contribution in [1.82, 2.24) is 5.32 Å². The monoisotopic (exact) mass is 211 g/mol. The van der Waals surface area contributed by atoms with E-state index in [1.54, 1.807) is 0 Å². The van der Waals surface area contributed by atoms with E-state index in [0.29, 0.717) is 0 Å². The highest BCUT2D eigenvalue weighted by atomic mass is 16.4. The Morgan fingerprint density at radius 1 is 1.20 bits per heavy atom. The van der Waals surface area contributed by atoms with Crippen molar-refractivity contribution in [2.24, 2.45) is 23.7 Å². The topological polar surface area (TPSA) is 86.6 Å². The Morgan fingerprint density at radius 2 is 1.80 bits per heavy atom. The number of carbonyl (C=O) groups is 2. The maximum Gasteiger partial charge on any atom is 0.404 e. The normalized spacial score (nSPS) is 41.8. The number of hydrogen-bond acceptors (Lipinski definition) is 2. The molecule has 0 spiro atoms. The first-order chi connectivity index (χ1) is 7.02. The summed E-state index contributed by atoms with van der Waals surface area (Å²) < 4.78 is 0. The fraction of sp³-hybridized carbons (Fsp3) is 0.600. The number of fused-ring (bicyclic) bond motifs is 2. The van der Waals surface area contributed by atoms with Gasteiger partial charge in [-0.2, -0.15) is 0 Å². The van der Waals surface area contributed by atoms with Gasteiger partial charge in [0, 0.05) is 5.92 Å². The summed E-state index contributed by atoms with van der Waals surface area (Å²) in [4.78, 5) is 21.6. The second-order valence-electron chi connectivity index (χ2n) is 4.24. The molecule has 2 rings (SSSR count). The van der Waals surface area contributed by atoms with Gasteiger partial charge in [-0.25, -0.2) is 4.79 Å². The lowest BCUT2D eigenvalue weighted by molar-refractivity contribution is -0.143. The Balaban J connectivity index is 2.25. The van der Waals surface area contributed by atoms with E-state index in [0.717, 1.165) is 0 Å². The van der Waals surface area contributed by atoms with Crippen LogP contribution in [0.25, 0.3) is 0 Å². The van der Waals surface area contributed by atoms with E-state index in [1.165, 1.54) is 0 Å². The van der Waals surface area contributed by atoms with Crippen LogP contribution in [0.1, 0.15) is 6.92 Å². The molecule has 5 nitrogen and oxygen atoms in total. The SMILES string of the molecule is C[C@H]1[C@H]2C=C[C@@H]1[C@H](C(=O)O)[C@@H]2NC(=O)O. The molecular formula is C10H13NO4. The summed E-state index contributed by atoms with van der Waals surface area (Å²) in [6.45, 7) is 1.97. The number of aliphatic carboxylic acids is 1. The lowest BCUT2D eigenvalue weighted by Crippen LogP contribution is -2.45. The Morgan fingerprint density at radius 3 is 2.33 bits per heavy atom. The first-order valence-corrected chi connectivity index (χ1v) is 4.93. The third kappa shape index (κ3) is 1.38. The smallest absolute Gasteiger partial charge is 0.404 e. The van der Waals surface area contributed by atoms with E-state index < -0.39 is 24.0 Å². The van der Waals surface area contributed by atoms with E-state index in [9.17, 15) is 9.59 Å². The number of amides is 1. The molecule has 0 unspecified atom stereocenters. The molecule has 2 bridgehead atoms. The van der Waals surface area contributed by atoms with Crippen molar-refractivity contribution in [3.05, 3.63) is 12.2 Å². The quantitative estimate of drug-likeness (QED) is 0.589. The highest BCUT2D eigenvalue weighted by Crippen LogP contribution is 2.48. The van der Waals surface area contributed by atoms with Crippen LogP contribution in [0, 0.1) is 23.7 Å². The van der Waals surface area contributed by atoms with Crippen LogP contribution in [0.4, 0.5) is 4.79 Å². The van der Waals surface area contributed by atoms with Crippen molar-refractivity contribution in [1.29, 1.82) is 0 Å². The Hall–Kier alpha value is -1.52. The van der Waals surface area contributed by atoms with Crippen LogP contribution in [0.5, 0.6) is 0 Å². The highest BCUT2D eigenvalue weighted by molar-refractivity contribution is 5.75. The van der Waals surface area contributed by atoms with Gasteiger partial charge in [0.25, 0.3) is 0 Å². The van der Waals surface area contributed by atoms with E-state index in [-0.39, 0.29) is 17.8 Å². The maximum absolute atomic E-state index is 11.1. The fourth-order valence-electron chi connectivity index (χ4n) is 2.88. The van der Waals surface area contributed by atoms with Gasteiger partial charge in [0.2, 0.25) is 0 Å². The molecule has 5 atom stereocenters. The molecule has 0 aromatic rings. The molecule has 0 aromatic heterocycles. The third-order valence-corrected chi connectivity index (χ3v) is 3.56. The zero-order valence-electron chi connectivity index (χ0n) is 8.25. The lowest BCUT2D eigenvalue weighted by atomic mass is 9.89. The molecule has 1 amide bonds. The van der Waals surface area contributed by atoms with Gasteiger partial charge >= 0.3 is 12.1 Å². The summed E-state index contributed by atoms with van der Waals surface area (Å²) in [6.07, 6.45) is 2.67. The molecule has 2 aliphatic carbocycles. The predicted molar refractivity (Wildman–Crippen MR) is 51.4 cm³/mol. The summed E-state index contributed by atoms with van der Waals surface area (Å²) in [7, 11) is 0. The molecule has 0 saturated heterocycles. The molecule has 1 fully saturated rings. The first kappa shape index (κ1) is 10.0. The molecule has 0 aliphatic heterocycles. The third-order valence-electron chi connectivity index (χ3n) is 3.56. The Labute approximate surface area is 86.8 Å². The van der Waals surface area contributed by atoms with E-state index in [4.69, 9.17) is 10.2 Å². The van der Waals surface area contributed by atoms with Gasteiger partial charge in [-0.15, -0.1) is 0 Å². The van der Waals surface area contributed by atoms with E-state index in [1.807, 2.05) is 19.1 Å². The summed E-state index contributed by atoms with van der Waals surface area (Å²) >= 11 is 0. The summed E-state index contributed by atoms with van der Waals surface area (Å²) in [6, 6.07) is -0.481. The largest absolute Gasteiger partial charge is 0.481 e.